The van der Waals surface area contributed by atoms with Gasteiger partial charge < -0.3 is 24.9 Å². The molecule has 20 nitrogen and oxygen atoms in total. The lowest BCUT2D eigenvalue weighted by Gasteiger charge is -2.50. The van der Waals surface area contributed by atoms with Crippen LogP contribution in [0, 0.1) is 65.6 Å². The third kappa shape index (κ3) is 22.5. The Morgan fingerprint density at radius 3 is 1.32 bits per heavy atom. The summed E-state index contributed by atoms with van der Waals surface area (Å²) in [5, 5.41) is 7.66. The Balaban J connectivity index is 0.000000122. The zero-order valence-electron chi connectivity index (χ0n) is 78.6. The van der Waals surface area contributed by atoms with E-state index in [0.717, 1.165) is 86.7 Å². The first-order valence-electron chi connectivity index (χ1n) is 48.5. The molecule has 3 aliphatic carbocycles. The van der Waals surface area contributed by atoms with Crippen molar-refractivity contribution in [3.63, 3.8) is 0 Å². The maximum atomic E-state index is 13.0. The number of hydrogen-bond donors (Lipinski definition) is 1. The van der Waals surface area contributed by atoms with Crippen LogP contribution in [0.5, 0.6) is 0 Å². The van der Waals surface area contributed by atoms with Crippen molar-refractivity contribution in [2.75, 3.05) is 141 Å². The third-order valence-corrected chi connectivity index (χ3v) is 33.6. The molecule has 2 amide bonds. The number of fused-ring (bicyclic) bond motifs is 5. The molecule has 2 unspecified atom stereocenters. The largest absolute Gasteiger partial charge is 0.371 e. The van der Waals surface area contributed by atoms with Crippen molar-refractivity contribution < 1.29 is 9.59 Å². The van der Waals surface area contributed by atoms with Crippen LogP contribution in [0.25, 0.3) is 0 Å². The van der Waals surface area contributed by atoms with Crippen LogP contribution >= 0.6 is 0 Å². The number of piperidine rings is 9. The van der Waals surface area contributed by atoms with Gasteiger partial charge in [-0.3, -0.25) is 53.9 Å². The first-order chi connectivity index (χ1) is 56.3. The van der Waals surface area contributed by atoms with Gasteiger partial charge in [0, 0.05) is 152 Å². The summed E-state index contributed by atoms with van der Waals surface area (Å²) in [6.45, 7) is 66.9. The zero-order valence-corrected chi connectivity index (χ0v) is 78.6. The fourth-order valence-electron chi connectivity index (χ4n) is 24.6. The van der Waals surface area contributed by atoms with Gasteiger partial charge in [0.05, 0.1) is 24.8 Å². The molecule has 5 spiro atoms. The van der Waals surface area contributed by atoms with Crippen LogP contribution < -0.4 is 15.1 Å². The number of rotatable bonds is 6. The maximum Gasteiger partial charge on any atom is 0.226 e. The summed E-state index contributed by atoms with van der Waals surface area (Å²) in [5.41, 5.74) is 11.8. The van der Waals surface area contributed by atoms with Gasteiger partial charge in [-0.2, -0.15) is 5.10 Å². The van der Waals surface area contributed by atoms with Crippen molar-refractivity contribution in [2.24, 2.45) is 54.8 Å². The van der Waals surface area contributed by atoms with Crippen LogP contribution in [0.2, 0.25) is 0 Å². The average molecular weight is 1640 g/mol. The Morgan fingerprint density at radius 1 is 0.429 bits per heavy atom. The first-order valence-corrected chi connectivity index (χ1v) is 48.5. The van der Waals surface area contributed by atoms with Crippen LogP contribution in [-0.2, 0) is 22.7 Å². The van der Waals surface area contributed by atoms with Crippen molar-refractivity contribution in [3.05, 3.63) is 59.7 Å². The summed E-state index contributed by atoms with van der Waals surface area (Å²) in [6, 6.07) is 10.5. The molecule has 3 aromatic rings. The number of pyridine rings is 2. The van der Waals surface area contributed by atoms with Gasteiger partial charge in [-0.25, -0.2) is 14.7 Å². The summed E-state index contributed by atoms with van der Waals surface area (Å²) >= 11 is 0. The standard InChI is InChI=1S/C22H39N3O.C20H33N5O.C20H34N4.C19H31N3.C18H29N3/c1-21(2,3)25-14-10-22(11-15-25)8-4-18(5-9-22)20(26)23-19-16-24-12-6-17(19)7-13-24;1-19(2,3)24-10-8-20(9-11-24)6-4-16(5-7-20)18(26)23-12-13-25-17(14-23)21-15-22-25;1-19(2,3)24-12-9-20(10-13-24)7-4-16(5-8-20)23-11-6-17-18(14-23)22-15-21-17;1-15-12-17(13-16(2)20-15)21-9-6-19(7-10-21)8-11-22(14-19)18(3,4)5;1-15-13-16(5-9-19-15)20-10-6-18(7-11-20)8-12-21(14-18)17(2,3)4/h17-19H,4-16H2,1-3H3,(H,23,26);15-16H,4-14H2,1-3H3;15-17H,4-14H2,1-3H3;12-13H,6-11,14H2,1-5H3;5,9,13H,6-8,10-12,14H2,1-4H3. The molecule has 11 saturated heterocycles. The van der Waals surface area contributed by atoms with Crippen molar-refractivity contribution in [2.45, 2.75) is 357 Å². The van der Waals surface area contributed by atoms with Crippen LogP contribution in [-0.4, -0.2) is 265 Å². The summed E-state index contributed by atoms with van der Waals surface area (Å²) in [7, 11) is 0. The second-order valence-electron chi connectivity index (χ2n) is 46.2. The molecule has 119 heavy (non-hydrogen) atoms. The Morgan fingerprint density at radius 2 is 0.866 bits per heavy atom. The van der Waals surface area contributed by atoms with E-state index in [1.165, 1.54) is 276 Å². The minimum Gasteiger partial charge on any atom is -0.371 e. The van der Waals surface area contributed by atoms with E-state index in [0.29, 0.717) is 79.7 Å². The zero-order chi connectivity index (χ0) is 84.6. The minimum atomic E-state index is 0.218. The number of nitrogens with one attached hydrogen (secondary N) is 1. The molecule has 2 bridgehead atoms. The number of aromatic nitrogens is 5. The van der Waals surface area contributed by atoms with E-state index >= 15 is 0 Å². The van der Waals surface area contributed by atoms with Gasteiger partial charge in [-0.1, -0.05) is 0 Å². The summed E-state index contributed by atoms with van der Waals surface area (Å²) in [6.07, 6.45) is 40.3. The molecule has 16 aliphatic rings. The third-order valence-electron chi connectivity index (χ3n) is 33.6. The number of nitrogens with zero attached hydrogens (tertiary/aromatic N) is 17. The SMILES string of the molecule is CC(C)(C)N1CCC2(CCC(C(=O)N3CCn4ncnc4C3)CC2)CC1.CC(C)(C)N1CCC2(CCC(C(=O)NC3CN4CCC3CC4)CC2)CC1.CC(C)(C)N1CCC2(CCC(N3CCC4N=CN=C4C3)CC2)CC1.Cc1cc(N2CCC3(CC2)CCN(C(C)(C)C)C3)cc(C)n1.Cc1cc(N2CCC3(CC2)CCN(C(C)(C)C)C3)ccn1. The lowest BCUT2D eigenvalue weighted by Crippen LogP contribution is -2.58. The quantitative estimate of drug-likeness (QED) is 0.248. The Bertz CT molecular complexity index is 3820. The number of anilines is 2. The van der Waals surface area contributed by atoms with Crippen molar-refractivity contribution in [3.8, 4) is 0 Å². The molecule has 13 aliphatic heterocycles. The summed E-state index contributed by atoms with van der Waals surface area (Å²) < 4.78 is 1.92. The maximum absolute atomic E-state index is 13.0. The van der Waals surface area contributed by atoms with Gasteiger partial charge in [0.1, 0.15) is 18.5 Å². The van der Waals surface area contributed by atoms with E-state index in [9.17, 15) is 9.59 Å². The van der Waals surface area contributed by atoms with E-state index in [4.69, 9.17) is 0 Å². The topological polar surface area (TPSA) is 160 Å². The monoisotopic (exact) mass is 1640 g/mol. The fourth-order valence-corrected chi connectivity index (χ4v) is 24.6. The predicted octanol–water partition coefficient (Wildman–Crippen LogP) is 16.6. The van der Waals surface area contributed by atoms with Gasteiger partial charge in [0.15, 0.2) is 0 Å². The molecule has 19 rings (SSSR count). The molecule has 20 heteroatoms. The smallest absolute Gasteiger partial charge is 0.226 e. The summed E-state index contributed by atoms with van der Waals surface area (Å²) in [4.78, 5) is 73.6. The lowest BCUT2D eigenvalue weighted by atomic mass is 9.65. The molecule has 1 N–H and O–H groups in total. The van der Waals surface area contributed by atoms with E-state index in [2.05, 4.69) is 228 Å². The lowest BCUT2D eigenvalue weighted by molar-refractivity contribution is -0.139. The van der Waals surface area contributed by atoms with Crippen LogP contribution in [0.4, 0.5) is 11.4 Å². The van der Waals surface area contributed by atoms with Crippen molar-refractivity contribution in [1.29, 1.82) is 0 Å². The number of carbonyl (C=O) groups is 2. The van der Waals surface area contributed by atoms with E-state index in [1.54, 1.807) is 12.7 Å². The molecular weight excluding hydrogens is 1470 g/mol. The highest BCUT2D eigenvalue weighted by Crippen LogP contribution is 2.52. The molecule has 14 fully saturated rings. The minimum absolute atomic E-state index is 0.218. The van der Waals surface area contributed by atoms with Gasteiger partial charge >= 0.3 is 0 Å². The van der Waals surface area contributed by atoms with Crippen LogP contribution in [0.1, 0.15) is 300 Å². The highest BCUT2D eigenvalue weighted by Gasteiger charge is 2.49. The Hall–Kier alpha value is -4.96. The molecule has 3 aromatic heterocycles. The molecule has 0 aromatic carbocycles. The number of carbonyl (C=O) groups excluding carboxylic acids is 2. The first kappa shape index (κ1) is 90.3. The predicted molar refractivity (Wildman–Crippen MR) is 490 cm³/mol. The molecule has 16 heterocycles. The second-order valence-corrected chi connectivity index (χ2v) is 46.2. The van der Waals surface area contributed by atoms with Gasteiger partial charge in [0.25, 0.3) is 0 Å². The van der Waals surface area contributed by atoms with Gasteiger partial charge in [0.2, 0.25) is 11.8 Å². The number of aryl methyl sites for hydroxylation is 3. The van der Waals surface area contributed by atoms with Crippen LogP contribution in [0.15, 0.2) is 46.8 Å². The van der Waals surface area contributed by atoms with Crippen LogP contribution in [0.3, 0.4) is 0 Å². The number of hydrogen-bond acceptors (Lipinski definition) is 17. The normalized spacial score (nSPS) is 27.8. The highest BCUT2D eigenvalue weighted by molar-refractivity contribution is 6.00. The highest BCUT2D eigenvalue weighted by atomic mass is 16.2. The number of aliphatic imine (C=N–C) groups is 2. The second kappa shape index (κ2) is 36.9. The number of amides is 2. The van der Waals surface area contributed by atoms with E-state index in [1.807, 2.05) is 15.8 Å². The Kier molecular flexibility index (Phi) is 28.0. The van der Waals surface area contributed by atoms with Crippen molar-refractivity contribution >= 4 is 35.2 Å². The molecular formula is C99H166N18O2. The van der Waals surface area contributed by atoms with Gasteiger partial charge in [-0.15, -0.1) is 0 Å². The molecule has 0 radical (unpaired) electrons. The summed E-state index contributed by atoms with van der Waals surface area (Å²) in [5.74, 6) is 2.87. The van der Waals surface area contributed by atoms with Crippen molar-refractivity contribution in [1.82, 2.24) is 69.2 Å². The fraction of sp³-hybridized carbons (Fsp3) is 0.838. The van der Waals surface area contributed by atoms with E-state index < -0.39 is 0 Å². The molecule has 664 valence electrons. The van der Waals surface area contributed by atoms with E-state index in [-0.39, 0.29) is 17.4 Å². The average Bonchev–Trinajstić information content (AvgIpc) is 1.67. The number of likely N-dealkylation sites (tertiary alicyclic amines) is 6. The molecule has 3 saturated carbocycles. The Labute approximate surface area is 722 Å². The molecule has 2 atom stereocenters. The van der Waals surface area contributed by atoms with Gasteiger partial charge in [-0.05, 0) is 421 Å².